The lowest BCUT2D eigenvalue weighted by molar-refractivity contribution is -0.0716. The molecule has 5 rings (SSSR count). The van der Waals surface area contributed by atoms with Crippen molar-refractivity contribution in [3.63, 3.8) is 0 Å². The highest BCUT2D eigenvalue weighted by Gasteiger charge is 2.53. The van der Waals surface area contributed by atoms with Crippen LogP contribution in [0, 0.1) is 29.1 Å². The third kappa shape index (κ3) is 2.91. The van der Waals surface area contributed by atoms with Crippen LogP contribution in [-0.2, 0) is 0 Å². The molecule has 0 aromatic rings. The highest BCUT2D eigenvalue weighted by Crippen LogP contribution is 2.61. The van der Waals surface area contributed by atoms with Gasteiger partial charge in [-0.15, -0.1) is 0 Å². The van der Waals surface area contributed by atoms with Gasteiger partial charge in [0.1, 0.15) is 0 Å². The normalized spacial score (nSPS) is 42.7. The summed E-state index contributed by atoms with van der Waals surface area (Å²) in [6.45, 7) is 6.08. The van der Waals surface area contributed by atoms with Crippen molar-refractivity contribution in [2.75, 3.05) is 19.6 Å². The molecule has 0 spiro atoms. The predicted molar refractivity (Wildman–Crippen MR) is 88.0 cm³/mol. The van der Waals surface area contributed by atoms with E-state index in [4.69, 9.17) is 5.73 Å². The third-order valence-electron chi connectivity index (χ3n) is 7.08. The van der Waals surface area contributed by atoms with E-state index in [0.717, 1.165) is 23.7 Å². The van der Waals surface area contributed by atoms with Crippen LogP contribution in [0.1, 0.15) is 64.7 Å². The summed E-state index contributed by atoms with van der Waals surface area (Å²) in [5.74, 6) is 4.10. The first kappa shape index (κ1) is 14.5. The zero-order valence-corrected chi connectivity index (χ0v) is 13.9. The summed E-state index contributed by atoms with van der Waals surface area (Å²) in [4.78, 5) is 2.71. The molecule has 21 heavy (non-hydrogen) atoms. The summed E-state index contributed by atoms with van der Waals surface area (Å²) in [6, 6.07) is 0.441. The van der Waals surface area contributed by atoms with Crippen molar-refractivity contribution in [1.82, 2.24) is 4.90 Å². The molecule has 1 unspecified atom stereocenters. The zero-order valence-electron chi connectivity index (χ0n) is 13.9. The Hall–Kier alpha value is -0.0800. The first-order chi connectivity index (χ1) is 10.2. The van der Waals surface area contributed by atoms with E-state index in [-0.39, 0.29) is 0 Å². The average Bonchev–Trinajstić information content (AvgIpc) is 3.21. The lowest BCUT2D eigenvalue weighted by Gasteiger charge is -2.59. The minimum atomic E-state index is 0.441. The Morgan fingerprint density at radius 2 is 1.62 bits per heavy atom. The molecule has 2 nitrogen and oxygen atoms in total. The van der Waals surface area contributed by atoms with Gasteiger partial charge >= 0.3 is 0 Å². The summed E-state index contributed by atoms with van der Waals surface area (Å²) in [6.07, 6.45) is 13.2. The lowest BCUT2D eigenvalue weighted by atomic mass is 9.48. The molecule has 4 bridgehead atoms. The largest absolute Gasteiger partial charge is 0.326 e. The highest BCUT2D eigenvalue weighted by molar-refractivity contribution is 5.06. The SMILES string of the molecule is CCCN(CC1CC1)CC(N)C12CC3CC(CC(C3)C1)C2. The Balaban J connectivity index is 1.42. The summed E-state index contributed by atoms with van der Waals surface area (Å²) in [5.41, 5.74) is 7.39. The summed E-state index contributed by atoms with van der Waals surface area (Å²) >= 11 is 0. The maximum Gasteiger partial charge on any atom is 0.0225 e. The van der Waals surface area contributed by atoms with Crippen molar-refractivity contribution in [2.45, 2.75) is 70.8 Å². The monoisotopic (exact) mass is 290 g/mol. The molecule has 0 aromatic carbocycles. The van der Waals surface area contributed by atoms with E-state index in [0.29, 0.717) is 11.5 Å². The van der Waals surface area contributed by atoms with Crippen molar-refractivity contribution < 1.29 is 0 Å². The Kier molecular flexibility index (Phi) is 3.82. The third-order valence-corrected chi connectivity index (χ3v) is 7.08. The van der Waals surface area contributed by atoms with Crippen LogP contribution < -0.4 is 5.73 Å². The number of rotatable bonds is 7. The molecule has 5 saturated carbocycles. The molecular weight excluding hydrogens is 256 g/mol. The smallest absolute Gasteiger partial charge is 0.0225 e. The maximum atomic E-state index is 6.86. The van der Waals surface area contributed by atoms with Gasteiger partial charge in [0.25, 0.3) is 0 Å². The van der Waals surface area contributed by atoms with Gasteiger partial charge in [-0.3, -0.25) is 0 Å². The summed E-state index contributed by atoms with van der Waals surface area (Å²) in [5, 5.41) is 0. The second-order valence-corrected chi connectivity index (χ2v) is 9.09. The topological polar surface area (TPSA) is 29.3 Å². The van der Waals surface area contributed by atoms with E-state index in [9.17, 15) is 0 Å². The van der Waals surface area contributed by atoms with Crippen LogP contribution >= 0.6 is 0 Å². The molecule has 120 valence electrons. The molecular formula is C19H34N2. The van der Waals surface area contributed by atoms with Gasteiger partial charge in [0.2, 0.25) is 0 Å². The van der Waals surface area contributed by atoms with Crippen molar-refractivity contribution in [1.29, 1.82) is 0 Å². The zero-order chi connectivity index (χ0) is 14.4. The van der Waals surface area contributed by atoms with Gasteiger partial charge in [-0.05, 0) is 93.4 Å². The Morgan fingerprint density at radius 3 is 2.10 bits per heavy atom. The van der Waals surface area contributed by atoms with Crippen LogP contribution in [-0.4, -0.2) is 30.6 Å². The van der Waals surface area contributed by atoms with E-state index in [1.807, 2.05) is 0 Å². The molecule has 0 radical (unpaired) electrons. The van der Waals surface area contributed by atoms with Crippen LogP contribution in [0.15, 0.2) is 0 Å². The lowest BCUT2D eigenvalue weighted by Crippen LogP contribution is -2.57. The van der Waals surface area contributed by atoms with E-state index >= 15 is 0 Å². The molecule has 0 aliphatic heterocycles. The fourth-order valence-corrected chi connectivity index (χ4v) is 6.34. The minimum Gasteiger partial charge on any atom is -0.326 e. The van der Waals surface area contributed by atoms with Crippen molar-refractivity contribution in [3.8, 4) is 0 Å². The first-order valence-corrected chi connectivity index (χ1v) is 9.65. The van der Waals surface area contributed by atoms with Crippen molar-refractivity contribution in [2.24, 2.45) is 34.8 Å². The van der Waals surface area contributed by atoms with E-state index in [1.54, 1.807) is 0 Å². The molecule has 5 aliphatic rings. The maximum absolute atomic E-state index is 6.86. The summed E-state index contributed by atoms with van der Waals surface area (Å²) < 4.78 is 0. The number of hydrogen-bond donors (Lipinski definition) is 1. The van der Waals surface area contributed by atoms with E-state index < -0.39 is 0 Å². The Labute approximate surface area is 130 Å². The van der Waals surface area contributed by atoms with Gasteiger partial charge in [-0.2, -0.15) is 0 Å². The predicted octanol–water partition coefficient (Wildman–Crippen LogP) is 3.65. The molecule has 0 saturated heterocycles. The molecule has 1 atom stereocenters. The highest BCUT2D eigenvalue weighted by atomic mass is 15.1. The van der Waals surface area contributed by atoms with Gasteiger partial charge < -0.3 is 10.6 Å². The second kappa shape index (κ2) is 5.53. The molecule has 5 aliphatic carbocycles. The first-order valence-electron chi connectivity index (χ1n) is 9.65. The van der Waals surface area contributed by atoms with Crippen LogP contribution in [0.3, 0.4) is 0 Å². The van der Waals surface area contributed by atoms with Gasteiger partial charge in [0.05, 0.1) is 0 Å². The van der Waals surface area contributed by atoms with Gasteiger partial charge in [0.15, 0.2) is 0 Å². The molecule has 5 fully saturated rings. The quantitative estimate of drug-likeness (QED) is 0.775. The van der Waals surface area contributed by atoms with Crippen LogP contribution in [0.2, 0.25) is 0 Å². The molecule has 2 heteroatoms. The van der Waals surface area contributed by atoms with Crippen LogP contribution in [0.25, 0.3) is 0 Å². The Morgan fingerprint density at radius 1 is 1.05 bits per heavy atom. The van der Waals surface area contributed by atoms with Crippen LogP contribution in [0.4, 0.5) is 0 Å². The fourth-order valence-electron chi connectivity index (χ4n) is 6.34. The van der Waals surface area contributed by atoms with Gasteiger partial charge in [-0.25, -0.2) is 0 Å². The standard InChI is InChI=1S/C19H34N2/c1-2-5-21(12-14-3-4-14)13-18(20)19-9-15-6-16(10-19)8-17(7-15)11-19/h14-18H,2-13,20H2,1H3. The van der Waals surface area contributed by atoms with Crippen molar-refractivity contribution in [3.05, 3.63) is 0 Å². The molecule has 0 heterocycles. The minimum absolute atomic E-state index is 0.441. The average molecular weight is 290 g/mol. The van der Waals surface area contributed by atoms with E-state index in [1.165, 1.54) is 77.4 Å². The van der Waals surface area contributed by atoms with E-state index in [2.05, 4.69) is 11.8 Å². The number of nitrogens with two attached hydrogens (primary N) is 1. The van der Waals surface area contributed by atoms with Gasteiger partial charge in [-0.1, -0.05) is 6.92 Å². The second-order valence-electron chi connectivity index (χ2n) is 9.09. The molecule has 0 amide bonds. The number of hydrogen-bond acceptors (Lipinski definition) is 2. The van der Waals surface area contributed by atoms with Crippen LogP contribution in [0.5, 0.6) is 0 Å². The Bertz CT molecular complexity index is 338. The van der Waals surface area contributed by atoms with Crippen molar-refractivity contribution >= 4 is 0 Å². The molecule has 0 aromatic heterocycles. The fraction of sp³-hybridized carbons (Fsp3) is 1.00. The molecule has 2 N–H and O–H groups in total. The summed E-state index contributed by atoms with van der Waals surface area (Å²) in [7, 11) is 0. The van der Waals surface area contributed by atoms with Gasteiger partial charge in [0, 0.05) is 19.1 Å². The number of nitrogens with zero attached hydrogens (tertiary/aromatic N) is 1.